The second-order valence-corrected chi connectivity index (χ2v) is 3.81. The molecule has 0 aliphatic heterocycles. The molecule has 0 aliphatic carbocycles. The maximum absolute atomic E-state index is 8.35. The van der Waals surface area contributed by atoms with Gasteiger partial charge in [-0.3, -0.25) is 0 Å². The summed E-state index contributed by atoms with van der Waals surface area (Å²) in [5.41, 5.74) is 0. The summed E-state index contributed by atoms with van der Waals surface area (Å²) in [5.74, 6) is 0. The Morgan fingerprint density at radius 2 is 1.77 bits per heavy atom. The Bertz CT molecular complexity index is 112. The van der Waals surface area contributed by atoms with Crippen LogP contribution in [0.5, 0.6) is 0 Å². The predicted molar refractivity (Wildman–Crippen MR) is 54.7 cm³/mol. The third-order valence-corrected chi connectivity index (χ3v) is 2.28. The number of carbonyl (C=O) groups excluding carboxylic acids is 1. The highest BCUT2D eigenvalue weighted by molar-refractivity contribution is 6.33. The fraction of sp³-hybridized carbons (Fsp3) is 0.875. The molecule has 0 aromatic heterocycles. The van der Waals surface area contributed by atoms with Crippen LogP contribution in [0.25, 0.3) is 0 Å². The van der Waals surface area contributed by atoms with Crippen molar-refractivity contribution in [3.63, 3.8) is 0 Å². The number of rotatable bonds is 6. The van der Waals surface area contributed by atoms with E-state index >= 15 is 0 Å². The van der Waals surface area contributed by atoms with E-state index in [0.717, 1.165) is 25.3 Å². The molecule has 0 atom stereocenters. The molecule has 0 aromatic rings. The smallest absolute Gasteiger partial charge is 0.231 e. The summed E-state index contributed by atoms with van der Waals surface area (Å²) in [5, 5.41) is 5.40. The molecule has 0 unspecified atom stereocenters. The van der Waals surface area contributed by atoms with Gasteiger partial charge in [-0.15, -0.1) is 0 Å². The van der Waals surface area contributed by atoms with Gasteiger partial charge in [0.15, 0.2) is 6.29 Å². The van der Waals surface area contributed by atoms with Crippen LogP contribution in [0.4, 0.5) is 0 Å². The van der Waals surface area contributed by atoms with Crippen LogP contribution < -0.4 is 0 Å². The van der Waals surface area contributed by atoms with Crippen molar-refractivity contribution in [1.82, 2.24) is 0 Å². The molecule has 78 valence electrons. The van der Waals surface area contributed by atoms with Crippen LogP contribution in [0.15, 0.2) is 0 Å². The molecule has 0 saturated carbocycles. The summed E-state index contributed by atoms with van der Waals surface area (Å²) in [7, 11) is 0.0759. The van der Waals surface area contributed by atoms with Gasteiger partial charge in [-0.25, -0.2) is 10.2 Å². The first-order valence-corrected chi connectivity index (χ1v) is 6.95. The molecule has 0 rings (SSSR count). The van der Waals surface area contributed by atoms with E-state index in [9.17, 15) is 0 Å². The molecular weight excluding hydrogens is 186 g/mol. The molecule has 0 aromatic carbocycles. The summed E-state index contributed by atoms with van der Waals surface area (Å²) in [6.07, 6.45) is 0.840. The van der Waals surface area contributed by atoms with Crippen molar-refractivity contribution >= 4 is 15.6 Å². The van der Waals surface area contributed by atoms with E-state index in [1.54, 1.807) is 0 Å². The van der Waals surface area contributed by atoms with Gasteiger partial charge in [0.05, 0.1) is 0 Å². The molecule has 1 N–H and O–H groups in total. The van der Waals surface area contributed by atoms with Crippen LogP contribution in [0, 0.1) is 5.41 Å². The first-order valence-electron chi connectivity index (χ1n) is 4.53. The standard InChI is InChI=1S/C7H18O2Si.CHNO/c1-4-8-7(6-10-3)9-5-2;2-1-3/h7H,4-6,10H2,1-3H3;2H. The first kappa shape index (κ1) is 15.0. The number of isocyanates is 1. The van der Waals surface area contributed by atoms with Crippen LogP contribution >= 0.6 is 0 Å². The molecule has 0 radical (unpaired) electrons. The largest absolute Gasteiger partial charge is 0.353 e. The van der Waals surface area contributed by atoms with Crippen molar-refractivity contribution in [2.75, 3.05) is 13.2 Å². The van der Waals surface area contributed by atoms with Crippen molar-refractivity contribution in [1.29, 1.82) is 5.41 Å². The zero-order valence-corrected chi connectivity index (χ0v) is 10.0. The fourth-order valence-corrected chi connectivity index (χ4v) is 1.63. The molecule has 5 heteroatoms. The molecule has 4 nitrogen and oxygen atoms in total. The lowest BCUT2D eigenvalue weighted by Gasteiger charge is -2.15. The van der Waals surface area contributed by atoms with Crippen LogP contribution in [0.2, 0.25) is 12.6 Å². The maximum Gasteiger partial charge on any atom is 0.231 e. The summed E-state index contributed by atoms with van der Waals surface area (Å²) in [4.78, 5) is 8.35. The van der Waals surface area contributed by atoms with Crippen LogP contribution in [-0.2, 0) is 14.3 Å². The van der Waals surface area contributed by atoms with Gasteiger partial charge in [0.1, 0.15) is 0 Å². The summed E-state index contributed by atoms with van der Waals surface area (Å²) < 4.78 is 10.7. The van der Waals surface area contributed by atoms with Gasteiger partial charge in [0, 0.05) is 22.7 Å². The average molecular weight is 205 g/mol. The van der Waals surface area contributed by atoms with E-state index in [1.807, 2.05) is 13.8 Å². The quantitative estimate of drug-likeness (QED) is 0.303. The summed E-state index contributed by atoms with van der Waals surface area (Å²) in [6.45, 7) is 7.80. The molecule has 0 aliphatic rings. The highest BCUT2D eigenvalue weighted by Crippen LogP contribution is 1.99. The van der Waals surface area contributed by atoms with Crippen LogP contribution in [0.3, 0.4) is 0 Å². The van der Waals surface area contributed by atoms with Gasteiger partial charge in [0.25, 0.3) is 0 Å². The third kappa shape index (κ3) is 14.4. The maximum atomic E-state index is 8.35. The SMILES string of the molecule is CCOC(C[SiH2]C)OCC.N=C=O. The van der Waals surface area contributed by atoms with E-state index in [-0.39, 0.29) is 15.8 Å². The van der Waals surface area contributed by atoms with Crippen molar-refractivity contribution in [3.05, 3.63) is 0 Å². The topological polar surface area (TPSA) is 59.4 Å². The molecule has 13 heavy (non-hydrogen) atoms. The Morgan fingerprint density at radius 3 is 2.00 bits per heavy atom. The first-order chi connectivity index (χ1) is 6.26. The molecule has 0 fully saturated rings. The fourth-order valence-electron chi connectivity index (χ4n) is 0.822. The third-order valence-electron chi connectivity index (χ3n) is 1.23. The van der Waals surface area contributed by atoms with E-state index in [1.165, 1.54) is 0 Å². The molecule has 0 bridgehead atoms. The highest BCUT2D eigenvalue weighted by Gasteiger charge is 2.04. The zero-order chi connectivity index (χ0) is 10.5. The molecule has 0 amide bonds. The number of hydrogen-bond donors (Lipinski definition) is 1. The zero-order valence-electron chi connectivity index (χ0n) is 8.63. The Hall–Kier alpha value is -0.483. The summed E-state index contributed by atoms with van der Waals surface area (Å²) >= 11 is 0. The van der Waals surface area contributed by atoms with E-state index in [0.29, 0.717) is 0 Å². The minimum absolute atomic E-state index is 0.0759. The number of nitrogens with one attached hydrogen (secondary N) is 1. The van der Waals surface area contributed by atoms with E-state index in [2.05, 4.69) is 6.55 Å². The summed E-state index contributed by atoms with van der Waals surface area (Å²) in [6, 6.07) is 1.14. The highest BCUT2D eigenvalue weighted by atomic mass is 28.2. The number of hydrogen-bond acceptors (Lipinski definition) is 4. The van der Waals surface area contributed by atoms with Gasteiger partial charge in [-0.05, 0) is 19.9 Å². The average Bonchev–Trinajstić information content (AvgIpc) is 2.07. The normalized spacial score (nSPS) is 9.85. The lowest BCUT2D eigenvalue weighted by atomic mass is 10.7. The molecule has 0 spiro atoms. The van der Waals surface area contributed by atoms with Gasteiger partial charge < -0.3 is 9.47 Å². The van der Waals surface area contributed by atoms with Gasteiger partial charge in [-0.2, -0.15) is 0 Å². The van der Waals surface area contributed by atoms with Gasteiger partial charge >= 0.3 is 0 Å². The monoisotopic (exact) mass is 205 g/mol. The minimum Gasteiger partial charge on any atom is -0.353 e. The van der Waals surface area contributed by atoms with E-state index in [4.69, 9.17) is 19.7 Å². The molecular formula is C8H19NO3Si. The number of ether oxygens (including phenoxy) is 2. The van der Waals surface area contributed by atoms with Crippen LogP contribution in [-0.4, -0.2) is 35.1 Å². The minimum atomic E-state index is 0.0759. The van der Waals surface area contributed by atoms with Crippen molar-refractivity contribution in [3.8, 4) is 0 Å². The predicted octanol–water partition coefficient (Wildman–Crippen LogP) is 0.922. The Balaban J connectivity index is 0. The molecule has 0 saturated heterocycles. The Labute approximate surface area is 81.9 Å². The second kappa shape index (κ2) is 14.1. The lowest BCUT2D eigenvalue weighted by molar-refractivity contribution is -0.123. The van der Waals surface area contributed by atoms with Crippen LogP contribution in [0.1, 0.15) is 13.8 Å². The van der Waals surface area contributed by atoms with Crippen molar-refractivity contribution in [2.45, 2.75) is 32.7 Å². The Morgan fingerprint density at radius 1 is 1.38 bits per heavy atom. The van der Waals surface area contributed by atoms with E-state index < -0.39 is 0 Å². The van der Waals surface area contributed by atoms with Crippen molar-refractivity contribution in [2.24, 2.45) is 0 Å². The lowest BCUT2D eigenvalue weighted by Crippen LogP contribution is -2.18. The van der Waals surface area contributed by atoms with Crippen molar-refractivity contribution < 1.29 is 14.3 Å². The van der Waals surface area contributed by atoms with Gasteiger partial charge in [-0.1, -0.05) is 6.55 Å². The molecule has 0 heterocycles. The van der Waals surface area contributed by atoms with Gasteiger partial charge in [0.2, 0.25) is 6.08 Å². The second-order valence-electron chi connectivity index (χ2n) is 2.23. The Kier molecular flexibility index (Phi) is 16.2.